The van der Waals surface area contributed by atoms with Gasteiger partial charge in [-0.3, -0.25) is 9.59 Å². The number of piperidine rings is 1. The highest BCUT2D eigenvalue weighted by Crippen LogP contribution is 2.36. The van der Waals surface area contributed by atoms with E-state index < -0.39 is 0 Å². The van der Waals surface area contributed by atoms with Crippen LogP contribution < -0.4 is 10.1 Å². The van der Waals surface area contributed by atoms with E-state index >= 15 is 0 Å². The van der Waals surface area contributed by atoms with Gasteiger partial charge in [0.15, 0.2) is 6.61 Å². The van der Waals surface area contributed by atoms with Crippen LogP contribution in [0, 0.1) is 12.7 Å². The van der Waals surface area contributed by atoms with Crippen LogP contribution in [-0.2, 0) is 4.79 Å². The van der Waals surface area contributed by atoms with Gasteiger partial charge in [-0.05, 0) is 80.6 Å². The fraction of sp³-hybridized carbons (Fsp3) is 0.391. The summed E-state index contributed by atoms with van der Waals surface area (Å²) in [6.07, 6.45) is 3.29. The van der Waals surface area contributed by atoms with Crippen LogP contribution in [0.25, 0.3) is 0 Å². The number of amides is 2. The Morgan fingerprint density at radius 2 is 1.80 bits per heavy atom. The number of nitrogens with one attached hydrogen (secondary N) is 1. The molecule has 0 aromatic heterocycles. The molecular weight excluding hydrogens is 407 g/mol. The monoisotopic (exact) mass is 430 g/mol. The SMILES string of the molecule is Cc1cc(Cl)ccc1OCC(=O)N1[C@@H]2CC[C@H]1CC(NC(=O)c1ccc(F)cc1)C2. The normalized spacial score (nSPS) is 22.6. The van der Waals surface area contributed by atoms with Crippen LogP contribution >= 0.6 is 11.6 Å². The molecule has 2 aromatic rings. The summed E-state index contributed by atoms with van der Waals surface area (Å²) in [5.74, 6) is 0.0508. The Labute approximate surface area is 180 Å². The lowest BCUT2D eigenvalue weighted by atomic mass is 9.96. The lowest BCUT2D eigenvalue weighted by Crippen LogP contribution is -2.53. The summed E-state index contributed by atoms with van der Waals surface area (Å²) in [5.41, 5.74) is 1.33. The molecule has 0 spiro atoms. The molecule has 0 aliphatic carbocycles. The maximum absolute atomic E-state index is 13.1. The Kier molecular flexibility index (Phi) is 5.95. The lowest BCUT2D eigenvalue weighted by molar-refractivity contribution is -0.138. The number of carbonyl (C=O) groups is 2. The third-order valence-electron chi connectivity index (χ3n) is 5.95. The highest BCUT2D eigenvalue weighted by Gasteiger charge is 2.43. The second-order valence-electron chi connectivity index (χ2n) is 8.03. The Balaban J connectivity index is 1.33. The fourth-order valence-corrected chi connectivity index (χ4v) is 4.79. The van der Waals surface area contributed by atoms with Crippen LogP contribution in [0.1, 0.15) is 41.6 Å². The van der Waals surface area contributed by atoms with Gasteiger partial charge in [0, 0.05) is 28.7 Å². The van der Waals surface area contributed by atoms with Gasteiger partial charge < -0.3 is 15.0 Å². The zero-order valence-electron chi connectivity index (χ0n) is 16.7. The molecule has 0 saturated carbocycles. The smallest absolute Gasteiger partial charge is 0.261 e. The third kappa shape index (κ3) is 4.43. The molecule has 3 atom stereocenters. The van der Waals surface area contributed by atoms with Crippen molar-refractivity contribution >= 4 is 23.4 Å². The van der Waals surface area contributed by atoms with E-state index in [1.807, 2.05) is 11.8 Å². The summed E-state index contributed by atoms with van der Waals surface area (Å²) < 4.78 is 18.8. The van der Waals surface area contributed by atoms with Crippen molar-refractivity contribution in [3.8, 4) is 5.75 Å². The lowest BCUT2D eigenvalue weighted by Gasteiger charge is -2.39. The first-order valence-electron chi connectivity index (χ1n) is 10.2. The molecule has 2 bridgehead atoms. The zero-order chi connectivity index (χ0) is 21.3. The number of hydrogen-bond acceptors (Lipinski definition) is 3. The van der Waals surface area contributed by atoms with Crippen LogP contribution in [0.15, 0.2) is 42.5 Å². The van der Waals surface area contributed by atoms with Crippen LogP contribution in [0.5, 0.6) is 5.75 Å². The number of carbonyl (C=O) groups excluding carboxylic acids is 2. The van der Waals surface area contributed by atoms with Gasteiger partial charge in [0.1, 0.15) is 11.6 Å². The van der Waals surface area contributed by atoms with Crippen molar-refractivity contribution in [1.82, 2.24) is 10.2 Å². The number of rotatable bonds is 5. The molecule has 2 aliphatic heterocycles. The van der Waals surface area contributed by atoms with Crippen molar-refractivity contribution in [2.45, 2.75) is 50.7 Å². The highest BCUT2D eigenvalue weighted by atomic mass is 35.5. The number of halogens is 2. The third-order valence-corrected chi connectivity index (χ3v) is 6.19. The predicted octanol–water partition coefficient (Wildman–Crippen LogP) is 4.12. The predicted molar refractivity (Wildman–Crippen MR) is 112 cm³/mol. The summed E-state index contributed by atoms with van der Waals surface area (Å²) in [5, 5.41) is 3.68. The molecule has 2 fully saturated rings. The molecule has 158 valence electrons. The van der Waals surface area contributed by atoms with Crippen LogP contribution in [0.4, 0.5) is 4.39 Å². The molecule has 1 unspecified atom stereocenters. The Bertz CT molecular complexity index is 936. The molecule has 1 N–H and O–H groups in total. The second kappa shape index (κ2) is 8.64. The van der Waals surface area contributed by atoms with E-state index in [0.29, 0.717) is 16.3 Å². The average molecular weight is 431 g/mol. The highest BCUT2D eigenvalue weighted by molar-refractivity contribution is 6.30. The van der Waals surface area contributed by atoms with Gasteiger partial charge >= 0.3 is 0 Å². The van der Waals surface area contributed by atoms with Gasteiger partial charge in [0.25, 0.3) is 11.8 Å². The van der Waals surface area contributed by atoms with E-state index in [-0.39, 0.29) is 42.4 Å². The van der Waals surface area contributed by atoms with Crippen LogP contribution in [-0.4, -0.2) is 41.4 Å². The summed E-state index contributed by atoms with van der Waals surface area (Å²) >= 11 is 5.97. The fourth-order valence-electron chi connectivity index (χ4n) is 4.56. The average Bonchev–Trinajstić information content (AvgIpc) is 2.98. The van der Waals surface area contributed by atoms with Crippen LogP contribution in [0.2, 0.25) is 5.02 Å². The van der Waals surface area contributed by atoms with Gasteiger partial charge in [-0.15, -0.1) is 0 Å². The van der Waals surface area contributed by atoms with Crippen molar-refractivity contribution in [2.24, 2.45) is 0 Å². The number of ether oxygens (including phenoxy) is 1. The number of fused-ring (bicyclic) bond motifs is 2. The first-order valence-corrected chi connectivity index (χ1v) is 10.5. The zero-order valence-corrected chi connectivity index (χ0v) is 17.5. The minimum absolute atomic E-state index is 0.00327. The minimum atomic E-state index is -0.368. The number of nitrogens with zero attached hydrogens (tertiary/aromatic N) is 1. The van der Waals surface area contributed by atoms with E-state index in [1.165, 1.54) is 24.3 Å². The van der Waals surface area contributed by atoms with E-state index in [4.69, 9.17) is 16.3 Å². The Morgan fingerprint density at radius 3 is 2.43 bits per heavy atom. The standard InChI is InChI=1S/C23H24ClFN2O3/c1-14-10-16(24)4-9-21(14)30-13-22(28)27-19-7-8-20(27)12-18(11-19)26-23(29)15-2-5-17(25)6-3-15/h2-6,9-10,18-20H,7-8,11-13H2,1H3,(H,26,29)/t18?,19-,20+. The molecule has 2 amide bonds. The van der Waals surface area contributed by atoms with E-state index in [1.54, 1.807) is 18.2 Å². The first kappa shape index (κ1) is 20.7. The largest absolute Gasteiger partial charge is 0.483 e. The molecule has 7 heteroatoms. The van der Waals surface area contributed by atoms with Gasteiger partial charge in [-0.1, -0.05) is 11.6 Å². The summed E-state index contributed by atoms with van der Waals surface area (Å²) in [7, 11) is 0. The van der Waals surface area contributed by atoms with Crippen molar-refractivity contribution in [2.75, 3.05) is 6.61 Å². The molecule has 2 aromatic carbocycles. The Hall–Kier alpha value is -2.60. The van der Waals surface area contributed by atoms with Gasteiger partial charge in [-0.25, -0.2) is 4.39 Å². The van der Waals surface area contributed by atoms with Gasteiger partial charge in [-0.2, -0.15) is 0 Å². The summed E-state index contributed by atoms with van der Waals surface area (Å²) in [6.45, 7) is 1.88. The van der Waals surface area contributed by atoms with Crippen molar-refractivity contribution in [3.05, 3.63) is 64.4 Å². The molecular formula is C23H24ClFN2O3. The summed E-state index contributed by atoms with van der Waals surface area (Å²) in [6, 6.07) is 11.1. The van der Waals surface area contributed by atoms with E-state index in [2.05, 4.69) is 5.32 Å². The number of benzene rings is 2. The molecule has 2 aliphatic rings. The Morgan fingerprint density at radius 1 is 1.13 bits per heavy atom. The van der Waals surface area contributed by atoms with Crippen molar-refractivity contribution in [1.29, 1.82) is 0 Å². The van der Waals surface area contributed by atoms with Gasteiger partial charge in [0.05, 0.1) is 0 Å². The quantitative estimate of drug-likeness (QED) is 0.776. The maximum atomic E-state index is 13.1. The van der Waals surface area contributed by atoms with Gasteiger partial charge in [0.2, 0.25) is 0 Å². The molecule has 4 rings (SSSR count). The van der Waals surface area contributed by atoms with E-state index in [9.17, 15) is 14.0 Å². The van der Waals surface area contributed by atoms with Crippen LogP contribution in [0.3, 0.4) is 0 Å². The molecule has 2 saturated heterocycles. The molecule has 0 radical (unpaired) electrons. The van der Waals surface area contributed by atoms with E-state index in [0.717, 1.165) is 31.2 Å². The second-order valence-corrected chi connectivity index (χ2v) is 8.47. The topological polar surface area (TPSA) is 58.6 Å². The molecule has 30 heavy (non-hydrogen) atoms. The molecule has 2 heterocycles. The summed E-state index contributed by atoms with van der Waals surface area (Å²) in [4.78, 5) is 27.2. The first-order chi connectivity index (χ1) is 14.4. The molecule has 5 nitrogen and oxygen atoms in total. The number of aryl methyl sites for hydroxylation is 1. The van der Waals surface area contributed by atoms with Crippen molar-refractivity contribution in [3.63, 3.8) is 0 Å². The minimum Gasteiger partial charge on any atom is -0.483 e. The number of hydrogen-bond donors (Lipinski definition) is 1. The van der Waals surface area contributed by atoms with Crippen molar-refractivity contribution < 1.29 is 18.7 Å². The maximum Gasteiger partial charge on any atom is 0.261 e.